The SMILES string of the molecule is CCCCCCCCCCCCCCc1ccc(N(C)c2cccc3ccccc23)cc1. The van der Waals surface area contributed by atoms with Crippen molar-refractivity contribution in [2.75, 3.05) is 11.9 Å². The molecule has 3 rings (SSSR count). The van der Waals surface area contributed by atoms with Crippen LogP contribution in [0.4, 0.5) is 11.4 Å². The Balaban J connectivity index is 1.34. The van der Waals surface area contributed by atoms with Crippen LogP contribution in [0.3, 0.4) is 0 Å². The maximum absolute atomic E-state index is 2.31. The van der Waals surface area contributed by atoms with Crippen LogP contribution in [0.2, 0.25) is 0 Å². The van der Waals surface area contributed by atoms with Gasteiger partial charge < -0.3 is 4.90 Å². The summed E-state index contributed by atoms with van der Waals surface area (Å²) in [5, 5.41) is 2.60. The Hall–Kier alpha value is -2.28. The van der Waals surface area contributed by atoms with Crippen LogP contribution in [0.5, 0.6) is 0 Å². The zero-order valence-corrected chi connectivity index (χ0v) is 20.5. The van der Waals surface area contributed by atoms with E-state index in [9.17, 15) is 0 Å². The van der Waals surface area contributed by atoms with Gasteiger partial charge >= 0.3 is 0 Å². The van der Waals surface area contributed by atoms with Crippen molar-refractivity contribution in [2.45, 2.75) is 90.4 Å². The molecule has 0 bridgehead atoms. The Morgan fingerprint density at radius 2 is 1.12 bits per heavy atom. The lowest BCUT2D eigenvalue weighted by atomic mass is 10.0. The lowest BCUT2D eigenvalue weighted by Gasteiger charge is -2.21. The van der Waals surface area contributed by atoms with E-state index in [1.807, 2.05) is 0 Å². The second kappa shape index (κ2) is 14.0. The Kier molecular flexibility index (Phi) is 10.7. The van der Waals surface area contributed by atoms with E-state index in [1.165, 1.54) is 111 Å². The normalized spacial score (nSPS) is 11.2. The summed E-state index contributed by atoms with van der Waals surface area (Å²) < 4.78 is 0. The van der Waals surface area contributed by atoms with Gasteiger partial charge in [-0.3, -0.25) is 0 Å². The molecule has 0 saturated carbocycles. The molecule has 3 aromatic carbocycles. The van der Waals surface area contributed by atoms with Crippen LogP contribution in [0, 0.1) is 0 Å². The number of rotatable bonds is 15. The molecule has 172 valence electrons. The number of hydrogen-bond donors (Lipinski definition) is 0. The molecule has 0 aromatic heterocycles. The van der Waals surface area contributed by atoms with Crippen molar-refractivity contribution >= 4 is 22.1 Å². The number of unbranched alkanes of at least 4 members (excludes halogenated alkanes) is 11. The molecule has 0 amide bonds. The van der Waals surface area contributed by atoms with Gasteiger partial charge in [0.25, 0.3) is 0 Å². The molecular weight excluding hydrogens is 386 g/mol. The van der Waals surface area contributed by atoms with Crippen LogP contribution in [0.1, 0.15) is 89.5 Å². The summed E-state index contributed by atoms with van der Waals surface area (Å²) >= 11 is 0. The molecule has 0 aliphatic carbocycles. The second-order valence-electron chi connectivity index (χ2n) is 9.36. The minimum absolute atomic E-state index is 1.20. The third-order valence-electron chi connectivity index (χ3n) is 6.77. The Bertz CT molecular complexity index is 890. The van der Waals surface area contributed by atoms with E-state index in [-0.39, 0.29) is 0 Å². The third-order valence-corrected chi connectivity index (χ3v) is 6.77. The average molecular weight is 430 g/mol. The van der Waals surface area contributed by atoms with Crippen molar-refractivity contribution in [2.24, 2.45) is 0 Å². The summed E-state index contributed by atoms with van der Waals surface area (Å²) in [6.45, 7) is 2.29. The molecule has 0 heterocycles. The summed E-state index contributed by atoms with van der Waals surface area (Å²) in [6.07, 6.45) is 18.1. The van der Waals surface area contributed by atoms with Gasteiger partial charge in [0, 0.05) is 23.8 Å². The van der Waals surface area contributed by atoms with Crippen molar-refractivity contribution in [3.8, 4) is 0 Å². The summed E-state index contributed by atoms with van der Waals surface area (Å²) in [5.74, 6) is 0. The molecule has 0 spiro atoms. The highest BCUT2D eigenvalue weighted by atomic mass is 15.1. The van der Waals surface area contributed by atoms with E-state index in [1.54, 1.807) is 0 Å². The fourth-order valence-electron chi connectivity index (χ4n) is 4.70. The maximum atomic E-state index is 2.31. The third kappa shape index (κ3) is 7.69. The first-order chi connectivity index (χ1) is 15.8. The number of benzene rings is 3. The largest absolute Gasteiger partial charge is 0.344 e. The standard InChI is InChI=1S/C31H43N/c1-3-4-5-6-7-8-9-10-11-12-13-14-18-27-23-25-29(26-24-27)32(2)31-22-17-20-28-19-15-16-21-30(28)31/h15-17,19-26H,3-14,18H2,1-2H3. The molecule has 0 unspecified atom stereocenters. The molecule has 0 aliphatic rings. The zero-order valence-electron chi connectivity index (χ0n) is 20.5. The van der Waals surface area contributed by atoms with E-state index >= 15 is 0 Å². The first-order valence-electron chi connectivity index (χ1n) is 13.1. The fourth-order valence-corrected chi connectivity index (χ4v) is 4.70. The molecule has 0 atom stereocenters. The number of aryl methyl sites for hydroxylation is 1. The highest BCUT2D eigenvalue weighted by Crippen LogP contribution is 2.31. The lowest BCUT2D eigenvalue weighted by molar-refractivity contribution is 0.544. The predicted octanol–water partition coefficient (Wildman–Crippen LogP) is 9.85. The highest BCUT2D eigenvalue weighted by Gasteiger charge is 2.08. The van der Waals surface area contributed by atoms with E-state index in [0.717, 1.165) is 0 Å². The van der Waals surface area contributed by atoms with Gasteiger partial charge in [0.1, 0.15) is 0 Å². The zero-order chi connectivity index (χ0) is 22.4. The quantitative estimate of drug-likeness (QED) is 0.217. The summed E-state index contributed by atoms with van der Waals surface area (Å²) in [7, 11) is 2.17. The Morgan fingerprint density at radius 3 is 1.78 bits per heavy atom. The number of hydrogen-bond acceptors (Lipinski definition) is 1. The molecular formula is C31H43N. The van der Waals surface area contributed by atoms with Gasteiger partial charge in [-0.1, -0.05) is 126 Å². The maximum Gasteiger partial charge on any atom is 0.0487 e. The first-order valence-corrected chi connectivity index (χ1v) is 13.1. The van der Waals surface area contributed by atoms with Gasteiger partial charge in [0.2, 0.25) is 0 Å². The van der Waals surface area contributed by atoms with Crippen molar-refractivity contribution in [3.05, 3.63) is 72.3 Å². The predicted molar refractivity (Wildman–Crippen MR) is 143 cm³/mol. The lowest BCUT2D eigenvalue weighted by Crippen LogP contribution is -2.09. The van der Waals surface area contributed by atoms with Gasteiger partial charge in [-0.25, -0.2) is 0 Å². The molecule has 1 nitrogen and oxygen atoms in total. The van der Waals surface area contributed by atoms with E-state index in [4.69, 9.17) is 0 Å². The Morgan fingerprint density at radius 1 is 0.562 bits per heavy atom. The fraction of sp³-hybridized carbons (Fsp3) is 0.484. The summed E-state index contributed by atoms with van der Waals surface area (Å²) in [6, 6.07) is 24.4. The minimum Gasteiger partial charge on any atom is -0.344 e. The van der Waals surface area contributed by atoms with Crippen LogP contribution in [-0.4, -0.2) is 7.05 Å². The van der Waals surface area contributed by atoms with E-state index < -0.39 is 0 Å². The number of nitrogens with zero attached hydrogens (tertiary/aromatic N) is 1. The monoisotopic (exact) mass is 429 g/mol. The molecule has 0 aliphatic heterocycles. The summed E-state index contributed by atoms with van der Waals surface area (Å²) in [4.78, 5) is 2.30. The van der Waals surface area contributed by atoms with Crippen molar-refractivity contribution in [3.63, 3.8) is 0 Å². The minimum atomic E-state index is 1.20. The van der Waals surface area contributed by atoms with E-state index in [2.05, 4.69) is 85.6 Å². The number of fused-ring (bicyclic) bond motifs is 1. The van der Waals surface area contributed by atoms with Crippen molar-refractivity contribution in [1.29, 1.82) is 0 Å². The first kappa shape index (κ1) is 24.4. The van der Waals surface area contributed by atoms with Gasteiger partial charge in [-0.15, -0.1) is 0 Å². The van der Waals surface area contributed by atoms with Gasteiger partial charge in [-0.2, -0.15) is 0 Å². The molecule has 0 radical (unpaired) electrons. The average Bonchev–Trinajstić information content (AvgIpc) is 2.84. The van der Waals surface area contributed by atoms with Crippen LogP contribution in [0.15, 0.2) is 66.7 Å². The molecule has 32 heavy (non-hydrogen) atoms. The second-order valence-corrected chi connectivity index (χ2v) is 9.36. The van der Waals surface area contributed by atoms with Crippen LogP contribution < -0.4 is 4.90 Å². The molecule has 3 aromatic rings. The molecule has 1 heteroatoms. The van der Waals surface area contributed by atoms with Crippen LogP contribution in [0.25, 0.3) is 10.8 Å². The number of anilines is 2. The Labute approximate surface area is 196 Å². The smallest absolute Gasteiger partial charge is 0.0487 e. The van der Waals surface area contributed by atoms with Gasteiger partial charge in [0.15, 0.2) is 0 Å². The highest BCUT2D eigenvalue weighted by molar-refractivity contribution is 5.95. The van der Waals surface area contributed by atoms with E-state index in [0.29, 0.717) is 0 Å². The van der Waals surface area contributed by atoms with Crippen LogP contribution in [-0.2, 0) is 6.42 Å². The molecule has 0 saturated heterocycles. The van der Waals surface area contributed by atoms with Crippen LogP contribution >= 0.6 is 0 Å². The molecule has 0 N–H and O–H groups in total. The van der Waals surface area contributed by atoms with Gasteiger partial charge in [-0.05, 0) is 42.0 Å². The topological polar surface area (TPSA) is 3.24 Å². The van der Waals surface area contributed by atoms with Gasteiger partial charge in [0.05, 0.1) is 0 Å². The molecule has 0 fully saturated rings. The summed E-state index contributed by atoms with van der Waals surface area (Å²) in [5.41, 5.74) is 3.98. The van der Waals surface area contributed by atoms with Crippen molar-refractivity contribution < 1.29 is 0 Å². The van der Waals surface area contributed by atoms with Crippen molar-refractivity contribution in [1.82, 2.24) is 0 Å².